The van der Waals surface area contributed by atoms with Gasteiger partial charge in [0.25, 0.3) is 0 Å². The molecule has 1 aromatic carbocycles. The smallest absolute Gasteiger partial charge is 0.207 e. The van der Waals surface area contributed by atoms with Crippen LogP contribution in [0.1, 0.15) is 16.0 Å². The summed E-state index contributed by atoms with van der Waals surface area (Å²) in [5.41, 5.74) is 1.47. The van der Waals surface area contributed by atoms with Crippen LogP contribution >= 0.6 is 38.9 Å². The summed E-state index contributed by atoms with van der Waals surface area (Å²) < 4.78 is 27.7. The van der Waals surface area contributed by atoms with Gasteiger partial charge in [0.05, 0.1) is 4.90 Å². The molecule has 0 aliphatic carbocycles. The summed E-state index contributed by atoms with van der Waals surface area (Å²) in [4.78, 5) is 1.30. The van der Waals surface area contributed by atoms with Crippen molar-refractivity contribution in [3.8, 4) is 0 Å². The van der Waals surface area contributed by atoms with E-state index in [1.807, 2.05) is 23.6 Å². The Labute approximate surface area is 142 Å². The highest BCUT2D eigenvalue weighted by atomic mass is 79.9. The molecule has 0 spiro atoms. The van der Waals surface area contributed by atoms with Crippen molar-refractivity contribution in [1.82, 2.24) is 4.31 Å². The van der Waals surface area contributed by atoms with Crippen molar-refractivity contribution in [3.05, 3.63) is 50.1 Å². The predicted octanol–water partition coefficient (Wildman–Crippen LogP) is 4.38. The van der Waals surface area contributed by atoms with Crippen LogP contribution in [-0.2, 0) is 22.4 Å². The van der Waals surface area contributed by atoms with Crippen molar-refractivity contribution < 1.29 is 8.42 Å². The molecule has 3 nitrogen and oxygen atoms in total. The molecule has 0 bridgehead atoms. The number of halogens is 2. The molecule has 1 heterocycles. The maximum atomic E-state index is 12.8. The van der Waals surface area contributed by atoms with Gasteiger partial charge in [0.2, 0.25) is 10.0 Å². The predicted molar refractivity (Wildman–Crippen MR) is 91.4 cm³/mol. The number of hydrogen-bond acceptors (Lipinski definition) is 3. The fraction of sp³-hybridized carbons (Fsp3) is 0.286. The molecule has 0 fully saturated rings. The number of benzene rings is 1. The van der Waals surface area contributed by atoms with Crippen molar-refractivity contribution in [2.75, 3.05) is 7.05 Å². The minimum absolute atomic E-state index is 0.274. The average molecular weight is 409 g/mol. The van der Waals surface area contributed by atoms with E-state index in [0.29, 0.717) is 17.0 Å². The van der Waals surface area contributed by atoms with Crippen LogP contribution in [0, 0.1) is 6.92 Å². The van der Waals surface area contributed by atoms with Crippen molar-refractivity contribution in [2.24, 2.45) is 0 Å². The molecule has 0 saturated heterocycles. The molecule has 114 valence electrons. The van der Waals surface area contributed by atoms with Crippen LogP contribution in [0.2, 0.25) is 0 Å². The lowest BCUT2D eigenvalue weighted by molar-refractivity contribution is 0.469. The Morgan fingerprint density at radius 2 is 2.10 bits per heavy atom. The number of alkyl halides is 1. The summed E-state index contributed by atoms with van der Waals surface area (Å²) in [6.45, 7) is 2.15. The molecular formula is C14H15BrClNO2S2. The minimum Gasteiger partial charge on any atom is -0.207 e. The molecular weight excluding hydrogens is 394 g/mol. The van der Waals surface area contributed by atoms with Crippen LogP contribution in [0.25, 0.3) is 0 Å². The third-order valence-corrected chi connectivity index (χ3v) is 7.08. The summed E-state index contributed by atoms with van der Waals surface area (Å²) in [6.07, 6.45) is 0. The van der Waals surface area contributed by atoms with Gasteiger partial charge >= 0.3 is 0 Å². The van der Waals surface area contributed by atoms with E-state index in [2.05, 4.69) is 15.9 Å². The Morgan fingerprint density at radius 3 is 2.67 bits per heavy atom. The van der Waals surface area contributed by atoms with Gasteiger partial charge in [-0.15, -0.1) is 22.9 Å². The van der Waals surface area contributed by atoms with E-state index in [1.165, 1.54) is 4.31 Å². The monoisotopic (exact) mass is 407 g/mol. The first-order valence-corrected chi connectivity index (χ1v) is 9.84. The van der Waals surface area contributed by atoms with Crippen molar-refractivity contribution in [3.63, 3.8) is 0 Å². The standard InChI is InChI=1S/C14H15BrClNO2S2/c1-10-13(15)6-11(8-16)7-14(10)21(18,19)17(2)9-12-4-3-5-20-12/h3-7H,8-9H2,1-2H3. The zero-order valence-corrected chi connectivity index (χ0v) is 15.6. The average Bonchev–Trinajstić information content (AvgIpc) is 2.94. The Morgan fingerprint density at radius 1 is 1.38 bits per heavy atom. The van der Waals surface area contributed by atoms with Gasteiger partial charge in [0.15, 0.2) is 0 Å². The van der Waals surface area contributed by atoms with E-state index in [4.69, 9.17) is 11.6 Å². The summed E-state index contributed by atoms with van der Waals surface area (Å²) in [7, 11) is -1.96. The molecule has 0 atom stereocenters. The summed E-state index contributed by atoms with van der Waals surface area (Å²) in [6, 6.07) is 7.33. The maximum Gasteiger partial charge on any atom is 0.243 e. The van der Waals surface area contributed by atoms with Crippen LogP contribution in [0.3, 0.4) is 0 Å². The first-order valence-electron chi connectivity index (χ1n) is 6.20. The number of hydrogen-bond donors (Lipinski definition) is 0. The lowest BCUT2D eigenvalue weighted by Gasteiger charge is -2.19. The topological polar surface area (TPSA) is 37.4 Å². The van der Waals surface area contributed by atoms with Gasteiger partial charge in [-0.2, -0.15) is 4.31 Å². The molecule has 21 heavy (non-hydrogen) atoms. The van der Waals surface area contributed by atoms with Crippen molar-refractivity contribution in [1.29, 1.82) is 0 Å². The molecule has 7 heteroatoms. The van der Waals surface area contributed by atoms with Crippen LogP contribution < -0.4 is 0 Å². The van der Waals surface area contributed by atoms with Gasteiger partial charge < -0.3 is 0 Å². The number of sulfonamides is 1. The Bertz CT molecular complexity index is 730. The maximum absolute atomic E-state index is 12.8. The zero-order valence-electron chi connectivity index (χ0n) is 11.6. The van der Waals surface area contributed by atoms with Crippen molar-refractivity contribution in [2.45, 2.75) is 24.2 Å². The highest BCUT2D eigenvalue weighted by Gasteiger charge is 2.24. The summed E-state index contributed by atoms with van der Waals surface area (Å²) in [5.74, 6) is 0.274. The van der Waals surface area contributed by atoms with Gasteiger partial charge in [-0.25, -0.2) is 8.42 Å². The van der Waals surface area contributed by atoms with E-state index < -0.39 is 10.0 Å². The second-order valence-corrected chi connectivity index (χ2v) is 8.84. The van der Waals surface area contributed by atoms with Crippen LogP contribution in [-0.4, -0.2) is 19.8 Å². The number of rotatable bonds is 5. The van der Waals surface area contributed by atoms with E-state index in [9.17, 15) is 8.42 Å². The van der Waals surface area contributed by atoms with Gasteiger partial charge in [0, 0.05) is 28.8 Å². The first-order chi connectivity index (χ1) is 9.86. The highest BCUT2D eigenvalue weighted by Crippen LogP contribution is 2.29. The largest absolute Gasteiger partial charge is 0.243 e. The van der Waals surface area contributed by atoms with Gasteiger partial charge in [-0.3, -0.25) is 0 Å². The number of nitrogens with zero attached hydrogens (tertiary/aromatic N) is 1. The molecule has 1 aromatic heterocycles. The molecule has 0 amide bonds. The Balaban J connectivity index is 2.41. The second-order valence-electron chi connectivity index (χ2n) is 4.67. The van der Waals surface area contributed by atoms with Crippen LogP contribution in [0.15, 0.2) is 39.0 Å². The molecule has 2 aromatic rings. The van der Waals surface area contributed by atoms with Crippen LogP contribution in [0.4, 0.5) is 0 Å². The molecule has 0 aliphatic heterocycles. The van der Waals surface area contributed by atoms with Crippen molar-refractivity contribution >= 4 is 48.9 Å². The molecule has 0 aliphatic rings. The highest BCUT2D eigenvalue weighted by molar-refractivity contribution is 9.10. The van der Waals surface area contributed by atoms with Gasteiger partial charge in [-0.1, -0.05) is 22.0 Å². The molecule has 0 N–H and O–H groups in total. The fourth-order valence-corrected chi connectivity index (χ4v) is 5.00. The SMILES string of the molecule is Cc1c(Br)cc(CCl)cc1S(=O)(=O)N(C)Cc1cccs1. The zero-order chi connectivity index (χ0) is 15.6. The van der Waals surface area contributed by atoms with E-state index in [0.717, 1.165) is 14.9 Å². The number of thiophene rings is 1. The normalized spacial score (nSPS) is 12.0. The summed E-state index contributed by atoms with van der Waals surface area (Å²) >= 11 is 10.8. The van der Waals surface area contributed by atoms with E-state index in [1.54, 1.807) is 31.4 Å². The fourth-order valence-electron chi connectivity index (χ4n) is 1.93. The Hall–Kier alpha value is -0.400. The lowest BCUT2D eigenvalue weighted by atomic mass is 10.2. The third-order valence-electron chi connectivity index (χ3n) is 3.16. The van der Waals surface area contributed by atoms with Crippen LogP contribution in [0.5, 0.6) is 0 Å². The quantitative estimate of drug-likeness (QED) is 0.689. The molecule has 2 rings (SSSR count). The molecule has 0 unspecified atom stereocenters. The van der Waals surface area contributed by atoms with E-state index in [-0.39, 0.29) is 5.88 Å². The van der Waals surface area contributed by atoms with E-state index >= 15 is 0 Å². The third kappa shape index (κ3) is 3.68. The second kappa shape index (κ2) is 6.79. The Kier molecular flexibility index (Phi) is 5.48. The molecule has 0 saturated carbocycles. The summed E-state index contributed by atoms with van der Waals surface area (Å²) in [5, 5.41) is 1.94. The van der Waals surface area contributed by atoms with Gasteiger partial charge in [0.1, 0.15) is 0 Å². The molecule has 0 radical (unpaired) electrons. The van der Waals surface area contributed by atoms with Gasteiger partial charge in [-0.05, 0) is 41.6 Å². The first kappa shape index (κ1) is 17.0. The minimum atomic E-state index is -3.55. The lowest BCUT2D eigenvalue weighted by Crippen LogP contribution is -2.27.